The maximum absolute atomic E-state index is 12.8. The van der Waals surface area contributed by atoms with E-state index in [1.165, 1.54) is 0 Å². The number of fused-ring (bicyclic) bond motifs is 1. The number of hydrogen-bond donors (Lipinski definition) is 2. The fourth-order valence-electron chi connectivity index (χ4n) is 4.65. The number of nitrogens with zero attached hydrogens (tertiary/aromatic N) is 2. The van der Waals surface area contributed by atoms with Crippen molar-refractivity contribution in [3.05, 3.63) is 63.7 Å². The number of β-amino-alcohol motifs (C(OH)–C–C–N with tert-alkyl or cyclic N) is 1. The Bertz CT molecular complexity index is 1130. The van der Waals surface area contributed by atoms with Crippen LogP contribution in [0.3, 0.4) is 0 Å². The Balaban J connectivity index is 1.32. The lowest BCUT2D eigenvalue weighted by Crippen LogP contribution is -2.45. The lowest BCUT2D eigenvalue weighted by molar-refractivity contribution is 0.0534. The Morgan fingerprint density at radius 1 is 1.32 bits per heavy atom. The Labute approximate surface area is 199 Å². The lowest BCUT2D eigenvalue weighted by atomic mass is 9.94. The number of aliphatic hydroxyl groups is 1. The van der Waals surface area contributed by atoms with Crippen LogP contribution in [0.15, 0.2) is 30.3 Å². The monoisotopic (exact) mass is 463 g/mol. The van der Waals surface area contributed by atoms with Crippen LogP contribution in [0.5, 0.6) is 5.75 Å². The first-order chi connectivity index (χ1) is 16.4. The van der Waals surface area contributed by atoms with Gasteiger partial charge in [-0.2, -0.15) is 5.26 Å². The number of amides is 1. The highest BCUT2D eigenvalue weighted by atomic mass is 16.5. The van der Waals surface area contributed by atoms with Crippen molar-refractivity contribution in [3.8, 4) is 11.8 Å². The van der Waals surface area contributed by atoms with Crippen LogP contribution < -0.4 is 10.1 Å². The number of aliphatic hydroxyl groups excluding tert-OH is 1. The molecule has 2 aliphatic heterocycles. The summed E-state index contributed by atoms with van der Waals surface area (Å²) in [4.78, 5) is 26.8. The van der Waals surface area contributed by atoms with E-state index in [4.69, 9.17) is 14.7 Å². The van der Waals surface area contributed by atoms with E-state index in [9.17, 15) is 14.7 Å². The van der Waals surface area contributed by atoms with Gasteiger partial charge in [-0.3, -0.25) is 4.79 Å². The summed E-state index contributed by atoms with van der Waals surface area (Å²) in [5.41, 5.74) is 4.04. The molecule has 0 bridgehead atoms. The summed E-state index contributed by atoms with van der Waals surface area (Å²) < 4.78 is 10.7. The van der Waals surface area contributed by atoms with Gasteiger partial charge in [-0.25, -0.2) is 4.79 Å². The molecule has 178 valence electrons. The molecule has 0 spiro atoms. The van der Waals surface area contributed by atoms with Crippen molar-refractivity contribution in [2.75, 3.05) is 26.2 Å². The van der Waals surface area contributed by atoms with E-state index in [2.05, 4.69) is 16.3 Å². The number of esters is 1. The summed E-state index contributed by atoms with van der Waals surface area (Å²) >= 11 is 0. The molecule has 2 aromatic rings. The smallest absolute Gasteiger partial charge is 0.338 e. The molecule has 2 aromatic carbocycles. The highest BCUT2D eigenvalue weighted by Crippen LogP contribution is 2.30. The molecule has 1 fully saturated rings. The van der Waals surface area contributed by atoms with E-state index in [1.807, 2.05) is 19.9 Å². The summed E-state index contributed by atoms with van der Waals surface area (Å²) in [6.07, 6.45) is 0.869. The van der Waals surface area contributed by atoms with E-state index in [-0.39, 0.29) is 24.5 Å². The molecule has 1 saturated heterocycles. The second kappa shape index (κ2) is 10.2. The third-order valence-corrected chi connectivity index (χ3v) is 6.58. The standard InChI is InChI=1S/C26H29N3O5/c1-3-33-24-12-17(13-27)4-5-21(24)25(31)28-18-8-10-29(11-9-18)14-23(30)19-6-7-20-22(16(19)2)15-34-26(20)32/h4-7,12,18,23,30H,3,8-11,14-15H2,1-2H3,(H,28,31). The van der Waals surface area contributed by atoms with Crippen LogP contribution in [0, 0.1) is 18.3 Å². The van der Waals surface area contributed by atoms with E-state index in [0.717, 1.165) is 42.6 Å². The molecule has 2 N–H and O–H groups in total. The zero-order chi connectivity index (χ0) is 24.2. The van der Waals surface area contributed by atoms with Crippen molar-refractivity contribution in [1.82, 2.24) is 10.2 Å². The lowest BCUT2D eigenvalue weighted by Gasteiger charge is -2.34. The third kappa shape index (κ3) is 4.91. The van der Waals surface area contributed by atoms with Crippen molar-refractivity contribution in [2.24, 2.45) is 0 Å². The van der Waals surface area contributed by atoms with Crippen molar-refractivity contribution >= 4 is 11.9 Å². The fourth-order valence-corrected chi connectivity index (χ4v) is 4.65. The number of rotatable bonds is 7. The summed E-state index contributed by atoms with van der Waals surface area (Å²) in [5.74, 6) is -0.106. The van der Waals surface area contributed by atoms with Gasteiger partial charge in [-0.15, -0.1) is 0 Å². The predicted molar refractivity (Wildman–Crippen MR) is 125 cm³/mol. The molecule has 0 radical (unpaired) electrons. The number of carbonyl (C=O) groups excluding carboxylic acids is 2. The fraction of sp³-hybridized carbons (Fsp3) is 0.423. The van der Waals surface area contributed by atoms with E-state index in [1.54, 1.807) is 24.3 Å². The van der Waals surface area contributed by atoms with Gasteiger partial charge < -0.3 is 24.8 Å². The number of piperidine rings is 1. The minimum absolute atomic E-state index is 0.0240. The number of likely N-dealkylation sites (tertiary alicyclic amines) is 1. The zero-order valence-corrected chi connectivity index (χ0v) is 19.5. The van der Waals surface area contributed by atoms with Gasteiger partial charge in [0.05, 0.1) is 35.5 Å². The first kappa shape index (κ1) is 23.7. The Kier molecular flexibility index (Phi) is 7.15. The van der Waals surface area contributed by atoms with Crippen molar-refractivity contribution < 1.29 is 24.2 Å². The topological polar surface area (TPSA) is 112 Å². The summed E-state index contributed by atoms with van der Waals surface area (Å²) in [6.45, 7) is 6.40. The molecule has 1 amide bonds. The highest BCUT2D eigenvalue weighted by Gasteiger charge is 2.28. The number of benzene rings is 2. The van der Waals surface area contributed by atoms with E-state index < -0.39 is 6.10 Å². The molecule has 0 saturated carbocycles. The maximum atomic E-state index is 12.8. The van der Waals surface area contributed by atoms with Crippen molar-refractivity contribution in [1.29, 1.82) is 5.26 Å². The van der Waals surface area contributed by atoms with Crippen LogP contribution >= 0.6 is 0 Å². The first-order valence-electron chi connectivity index (χ1n) is 11.6. The Morgan fingerprint density at radius 2 is 2.09 bits per heavy atom. The van der Waals surface area contributed by atoms with Gasteiger partial charge in [0.1, 0.15) is 12.4 Å². The molecule has 2 heterocycles. The van der Waals surface area contributed by atoms with Crippen LogP contribution in [-0.2, 0) is 11.3 Å². The Hall–Kier alpha value is -3.41. The molecule has 0 aliphatic carbocycles. The van der Waals surface area contributed by atoms with Gasteiger partial charge >= 0.3 is 5.97 Å². The molecule has 1 atom stereocenters. The minimum Gasteiger partial charge on any atom is -0.493 e. The summed E-state index contributed by atoms with van der Waals surface area (Å²) in [7, 11) is 0. The van der Waals surface area contributed by atoms with Crippen LogP contribution in [0.1, 0.15) is 68.8 Å². The van der Waals surface area contributed by atoms with Gasteiger partial charge in [0.2, 0.25) is 0 Å². The Morgan fingerprint density at radius 3 is 2.79 bits per heavy atom. The zero-order valence-electron chi connectivity index (χ0n) is 19.5. The molecule has 8 heteroatoms. The van der Waals surface area contributed by atoms with E-state index >= 15 is 0 Å². The molecule has 4 rings (SSSR count). The molecule has 0 aromatic heterocycles. The van der Waals surface area contributed by atoms with Crippen LogP contribution in [-0.4, -0.2) is 54.2 Å². The minimum atomic E-state index is -0.667. The number of hydrogen-bond acceptors (Lipinski definition) is 7. The predicted octanol–water partition coefficient (Wildman–Crippen LogP) is 2.86. The summed E-state index contributed by atoms with van der Waals surface area (Å²) in [5, 5.41) is 23.0. The second-order valence-corrected chi connectivity index (χ2v) is 8.70. The van der Waals surface area contributed by atoms with Crippen LogP contribution in [0.4, 0.5) is 0 Å². The average molecular weight is 464 g/mol. The van der Waals surface area contributed by atoms with Gasteiger partial charge in [-0.05, 0) is 62.1 Å². The number of nitrogens with one attached hydrogen (secondary N) is 1. The quantitative estimate of drug-likeness (QED) is 0.607. The second-order valence-electron chi connectivity index (χ2n) is 8.70. The molecular formula is C26H29N3O5. The SMILES string of the molecule is CCOc1cc(C#N)ccc1C(=O)NC1CCN(CC(O)c2ccc3c(c2C)COC3=O)CC1. The van der Waals surface area contributed by atoms with Crippen molar-refractivity contribution in [3.63, 3.8) is 0 Å². The number of carbonyl (C=O) groups is 2. The number of cyclic esters (lactones) is 1. The number of nitriles is 1. The van der Waals surface area contributed by atoms with Crippen molar-refractivity contribution in [2.45, 2.75) is 45.4 Å². The summed E-state index contributed by atoms with van der Waals surface area (Å²) in [6, 6.07) is 10.5. The molecule has 2 aliphatic rings. The highest BCUT2D eigenvalue weighted by molar-refractivity contribution is 5.97. The van der Waals surface area contributed by atoms with Crippen LogP contribution in [0.25, 0.3) is 0 Å². The number of ether oxygens (including phenoxy) is 2. The average Bonchev–Trinajstić information content (AvgIpc) is 3.22. The maximum Gasteiger partial charge on any atom is 0.338 e. The molecule has 1 unspecified atom stereocenters. The van der Waals surface area contributed by atoms with Gasteiger partial charge in [0.15, 0.2) is 0 Å². The third-order valence-electron chi connectivity index (χ3n) is 6.58. The normalized spacial score (nSPS) is 16.9. The molecule has 8 nitrogen and oxygen atoms in total. The molecule has 34 heavy (non-hydrogen) atoms. The van der Waals surface area contributed by atoms with Crippen LogP contribution in [0.2, 0.25) is 0 Å². The van der Waals surface area contributed by atoms with Gasteiger partial charge in [0.25, 0.3) is 5.91 Å². The molecular weight excluding hydrogens is 434 g/mol. The first-order valence-corrected chi connectivity index (χ1v) is 11.6. The van der Waals surface area contributed by atoms with Gasteiger partial charge in [0, 0.05) is 31.2 Å². The van der Waals surface area contributed by atoms with E-state index in [0.29, 0.717) is 35.6 Å². The van der Waals surface area contributed by atoms with Gasteiger partial charge in [-0.1, -0.05) is 6.07 Å². The largest absolute Gasteiger partial charge is 0.493 e.